The smallest absolute Gasteiger partial charge is 0.240 e. The molecule has 0 unspecified atom stereocenters. The highest BCUT2D eigenvalue weighted by atomic mass is 32.2. The summed E-state index contributed by atoms with van der Waals surface area (Å²) in [6.45, 7) is 4.01. The van der Waals surface area contributed by atoms with E-state index in [0.717, 1.165) is 58.3 Å². The normalized spacial score (nSPS) is 20.1. The maximum atomic E-state index is 12.6. The van der Waals surface area contributed by atoms with Crippen LogP contribution in [0.1, 0.15) is 48.5 Å². The van der Waals surface area contributed by atoms with Crippen LogP contribution in [0.2, 0.25) is 0 Å². The maximum absolute atomic E-state index is 12.6. The second-order valence-corrected chi connectivity index (χ2v) is 10.1. The van der Waals surface area contributed by atoms with E-state index < -0.39 is 10.0 Å². The molecule has 0 aromatic heterocycles. The van der Waals surface area contributed by atoms with Crippen molar-refractivity contribution in [2.45, 2.75) is 49.5 Å². The van der Waals surface area contributed by atoms with Crippen molar-refractivity contribution in [1.29, 1.82) is 0 Å². The number of morpholine rings is 1. The van der Waals surface area contributed by atoms with E-state index in [4.69, 9.17) is 4.74 Å². The number of sulfonamides is 1. The van der Waals surface area contributed by atoms with E-state index in [0.29, 0.717) is 11.4 Å². The molecule has 162 valence electrons. The molecule has 1 atom stereocenters. The first-order valence-electron chi connectivity index (χ1n) is 11.1. The number of nitrogens with zero attached hydrogens (tertiary/aromatic N) is 1. The van der Waals surface area contributed by atoms with Crippen molar-refractivity contribution >= 4 is 10.0 Å². The summed E-state index contributed by atoms with van der Waals surface area (Å²) in [5.74, 6) is 0. The Hall–Kier alpha value is -1.73. The fourth-order valence-corrected chi connectivity index (χ4v) is 5.53. The first kappa shape index (κ1) is 21.5. The van der Waals surface area contributed by atoms with E-state index in [-0.39, 0.29) is 6.10 Å². The summed E-state index contributed by atoms with van der Waals surface area (Å²) in [4.78, 5) is 2.82. The fraction of sp³-hybridized carbons (Fsp3) is 0.500. The van der Waals surface area contributed by atoms with Crippen LogP contribution in [0.25, 0.3) is 0 Å². The van der Waals surface area contributed by atoms with Crippen LogP contribution in [0, 0.1) is 0 Å². The largest absolute Gasteiger partial charge is 0.371 e. The predicted octanol–water partition coefficient (Wildman–Crippen LogP) is 3.70. The molecular formula is C24H32N2O3S. The van der Waals surface area contributed by atoms with Gasteiger partial charge >= 0.3 is 0 Å². The highest BCUT2D eigenvalue weighted by Crippen LogP contribution is 2.24. The number of hydrogen-bond acceptors (Lipinski definition) is 4. The van der Waals surface area contributed by atoms with Crippen molar-refractivity contribution in [2.24, 2.45) is 0 Å². The van der Waals surface area contributed by atoms with Crippen LogP contribution in [-0.2, 0) is 27.6 Å². The molecule has 0 spiro atoms. The lowest BCUT2D eigenvalue weighted by Gasteiger charge is -2.33. The molecule has 4 rings (SSSR count). The standard InChI is InChI=1S/C24H32N2O3S/c27-30(28,23-13-12-20-8-4-5-11-22(20)18-23)25-14-6-7-15-26-16-17-29-24(19-26)21-9-2-1-3-10-21/h1-3,9-10,12-13,18,24-25H,4-8,11,14-17,19H2/t24-/m1/s1. The molecule has 1 aliphatic carbocycles. The molecular weight excluding hydrogens is 396 g/mol. The minimum absolute atomic E-state index is 0.127. The average molecular weight is 429 g/mol. The molecule has 1 fully saturated rings. The minimum atomic E-state index is -3.43. The topological polar surface area (TPSA) is 58.6 Å². The van der Waals surface area contributed by atoms with Crippen molar-refractivity contribution in [3.63, 3.8) is 0 Å². The zero-order valence-corrected chi connectivity index (χ0v) is 18.4. The number of ether oxygens (including phenoxy) is 1. The Morgan fingerprint density at radius 1 is 1.00 bits per heavy atom. The average Bonchev–Trinajstić information content (AvgIpc) is 2.79. The molecule has 0 saturated carbocycles. The summed E-state index contributed by atoms with van der Waals surface area (Å²) in [6.07, 6.45) is 6.33. The lowest BCUT2D eigenvalue weighted by Crippen LogP contribution is -2.39. The molecule has 1 N–H and O–H groups in total. The highest BCUT2D eigenvalue weighted by Gasteiger charge is 2.21. The van der Waals surface area contributed by atoms with Gasteiger partial charge in [-0.15, -0.1) is 0 Å². The van der Waals surface area contributed by atoms with Gasteiger partial charge in [0.15, 0.2) is 0 Å². The van der Waals surface area contributed by atoms with Gasteiger partial charge in [0.25, 0.3) is 0 Å². The van der Waals surface area contributed by atoms with Crippen LogP contribution in [0.5, 0.6) is 0 Å². The first-order valence-corrected chi connectivity index (χ1v) is 12.6. The third kappa shape index (κ3) is 5.49. The Balaban J connectivity index is 1.21. The van der Waals surface area contributed by atoms with Gasteiger partial charge in [0, 0.05) is 19.6 Å². The maximum Gasteiger partial charge on any atom is 0.240 e. The zero-order valence-electron chi connectivity index (χ0n) is 17.6. The minimum Gasteiger partial charge on any atom is -0.371 e. The van der Waals surface area contributed by atoms with Gasteiger partial charge in [-0.2, -0.15) is 0 Å². The zero-order chi connectivity index (χ0) is 20.8. The van der Waals surface area contributed by atoms with Crippen molar-refractivity contribution in [3.05, 3.63) is 65.2 Å². The van der Waals surface area contributed by atoms with E-state index in [2.05, 4.69) is 21.8 Å². The number of benzene rings is 2. The van der Waals surface area contributed by atoms with E-state index in [9.17, 15) is 8.42 Å². The van der Waals surface area contributed by atoms with Crippen LogP contribution in [0.4, 0.5) is 0 Å². The summed E-state index contributed by atoms with van der Waals surface area (Å²) in [6, 6.07) is 16.0. The summed E-state index contributed by atoms with van der Waals surface area (Å²) < 4.78 is 34.0. The molecule has 0 amide bonds. The van der Waals surface area contributed by atoms with Crippen molar-refractivity contribution < 1.29 is 13.2 Å². The van der Waals surface area contributed by atoms with Crippen LogP contribution in [0.15, 0.2) is 53.4 Å². The van der Waals surface area contributed by atoms with Gasteiger partial charge in [-0.05, 0) is 73.9 Å². The Morgan fingerprint density at radius 2 is 1.80 bits per heavy atom. The lowest BCUT2D eigenvalue weighted by atomic mass is 9.92. The summed E-state index contributed by atoms with van der Waals surface area (Å²) in [5.41, 5.74) is 3.73. The molecule has 0 bridgehead atoms. The quantitative estimate of drug-likeness (QED) is 0.652. The number of hydrogen-bond donors (Lipinski definition) is 1. The van der Waals surface area contributed by atoms with Gasteiger partial charge in [-0.25, -0.2) is 13.1 Å². The SMILES string of the molecule is O=S(=O)(NCCCCN1CCO[C@@H](c2ccccc2)C1)c1ccc2c(c1)CCCC2. The van der Waals surface area contributed by atoms with Gasteiger partial charge in [-0.1, -0.05) is 36.4 Å². The van der Waals surface area contributed by atoms with E-state index in [1.165, 1.54) is 23.1 Å². The van der Waals surface area contributed by atoms with Gasteiger partial charge in [0.1, 0.15) is 0 Å². The molecule has 2 aromatic rings. The first-order chi connectivity index (χ1) is 14.6. The number of rotatable bonds is 8. The van der Waals surface area contributed by atoms with Gasteiger partial charge in [-0.3, -0.25) is 4.90 Å². The van der Waals surface area contributed by atoms with Crippen molar-refractivity contribution in [2.75, 3.05) is 32.8 Å². The fourth-order valence-electron chi connectivity index (χ4n) is 4.40. The molecule has 30 heavy (non-hydrogen) atoms. The van der Waals surface area contributed by atoms with Crippen molar-refractivity contribution in [1.82, 2.24) is 9.62 Å². The van der Waals surface area contributed by atoms with Crippen molar-refractivity contribution in [3.8, 4) is 0 Å². The van der Waals surface area contributed by atoms with Gasteiger partial charge in [0.2, 0.25) is 10.0 Å². The molecule has 2 aromatic carbocycles. The Labute approximate surface area is 180 Å². The van der Waals surface area contributed by atoms with Crippen LogP contribution in [0.3, 0.4) is 0 Å². The summed E-state index contributed by atoms with van der Waals surface area (Å²) >= 11 is 0. The van der Waals surface area contributed by atoms with Gasteiger partial charge in [0.05, 0.1) is 17.6 Å². The third-order valence-electron chi connectivity index (χ3n) is 6.15. The summed E-state index contributed by atoms with van der Waals surface area (Å²) in [5, 5.41) is 0. The Kier molecular flexibility index (Phi) is 7.20. The van der Waals surface area contributed by atoms with E-state index >= 15 is 0 Å². The monoisotopic (exact) mass is 428 g/mol. The molecule has 0 radical (unpaired) electrons. The molecule has 1 aliphatic heterocycles. The van der Waals surface area contributed by atoms with E-state index in [1.807, 2.05) is 30.3 Å². The molecule has 1 saturated heterocycles. The number of nitrogens with one attached hydrogen (secondary N) is 1. The number of unbranched alkanes of at least 4 members (excludes halogenated alkanes) is 1. The summed E-state index contributed by atoms with van der Waals surface area (Å²) in [7, 11) is -3.43. The molecule has 6 heteroatoms. The highest BCUT2D eigenvalue weighted by molar-refractivity contribution is 7.89. The van der Waals surface area contributed by atoms with Gasteiger partial charge < -0.3 is 4.74 Å². The second kappa shape index (κ2) is 10.1. The Bertz CT molecular complexity index is 931. The van der Waals surface area contributed by atoms with E-state index in [1.54, 1.807) is 6.07 Å². The number of aryl methyl sites for hydroxylation is 2. The lowest BCUT2D eigenvalue weighted by molar-refractivity contribution is -0.0303. The molecule has 5 nitrogen and oxygen atoms in total. The molecule has 1 heterocycles. The van der Waals surface area contributed by atoms with Crippen LogP contribution in [-0.4, -0.2) is 46.1 Å². The number of fused-ring (bicyclic) bond motifs is 1. The predicted molar refractivity (Wildman–Crippen MR) is 119 cm³/mol. The third-order valence-corrected chi connectivity index (χ3v) is 7.60. The Morgan fingerprint density at radius 3 is 2.63 bits per heavy atom. The second-order valence-electron chi connectivity index (χ2n) is 8.31. The van der Waals surface area contributed by atoms with Crippen LogP contribution >= 0.6 is 0 Å². The molecule has 2 aliphatic rings. The van der Waals surface area contributed by atoms with Crippen LogP contribution < -0.4 is 4.72 Å².